The van der Waals surface area contributed by atoms with Gasteiger partial charge in [0.2, 0.25) is 11.8 Å². The number of aliphatic hydroxyl groups is 3. The van der Waals surface area contributed by atoms with Crippen molar-refractivity contribution in [3.05, 3.63) is 134 Å². The van der Waals surface area contributed by atoms with Crippen LogP contribution in [0.4, 0.5) is 16.2 Å². The highest BCUT2D eigenvalue weighted by atomic mass is 35.5. The molecule has 0 saturated carbocycles. The number of nitro benzene ring substituents is 1. The van der Waals surface area contributed by atoms with Gasteiger partial charge in [-0.25, -0.2) is 9.59 Å². The zero-order valence-corrected chi connectivity index (χ0v) is 50.4. The number of alkyl carbamates (subject to hydrolysis) is 1. The average Bonchev–Trinajstić information content (AvgIpc) is 1.59. The number of epoxide rings is 1. The van der Waals surface area contributed by atoms with Crippen molar-refractivity contribution in [3.8, 4) is 5.75 Å². The molecule has 7 rings (SSSR count). The number of ketones is 2. The summed E-state index contributed by atoms with van der Waals surface area (Å²) in [6, 6.07) is 11.1. The molecular formula is C60H69ClN6O20S. The number of nitrogens with zero attached hydrogens (tertiary/aromatic N) is 4. The van der Waals surface area contributed by atoms with Crippen molar-refractivity contribution < 1.29 is 90.5 Å². The van der Waals surface area contributed by atoms with Crippen LogP contribution < -0.4 is 20.3 Å². The minimum absolute atomic E-state index is 0.00713. The Morgan fingerprint density at radius 3 is 2.39 bits per heavy atom. The number of carbonyl (C=O) groups is 8. The Kier molecular flexibility index (Phi) is 22.1. The fourth-order valence-corrected chi connectivity index (χ4v) is 11.6. The van der Waals surface area contributed by atoms with Crippen LogP contribution in [0.25, 0.3) is 0 Å². The third kappa shape index (κ3) is 17.2. The number of carbonyl (C=O) groups excluding carboxylic acids is 8. The molecule has 6 N–H and O–H groups in total. The number of imide groups is 1. The Morgan fingerprint density at radius 2 is 1.73 bits per heavy atom. The summed E-state index contributed by atoms with van der Waals surface area (Å²) in [6.07, 6.45) is 3.24. The largest absolute Gasteiger partial charge is 0.482 e. The number of anilines is 1. The molecule has 0 unspecified atom stereocenters. The molecule has 4 heterocycles. The number of nitrogens with one attached hydrogen (secondary N) is 2. The fourth-order valence-electron chi connectivity index (χ4n) is 10.7. The van der Waals surface area contributed by atoms with Gasteiger partial charge in [0.1, 0.15) is 41.9 Å². The number of hydrogen-bond acceptors (Lipinski definition) is 20. The number of fused-ring (bicyclic) bond motifs is 5. The molecule has 2 saturated heterocycles. The van der Waals surface area contributed by atoms with Crippen LogP contribution in [0.2, 0.25) is 5.02 Å². The van der Waals surface area contributed by atoms with E-state index in [9.17, 15) is 76.8 Å². The first-order valence-electron chi connectivity index (χ1n) is 28.1. The Balaban J connectivity index is 0.983. The number of esters is 1. The number of allylic oxidation sites excluding steroid dienone is 3. The maximum atomic E-state index is 14.3. The van der Waals surface area contributed by atoms with Crippen LogP contribution >= 0.6 is 11.6 Å². The number of unbranched alkanes of at least 4 members (excludes halogenated alkanes) is 2. The quantitative estimate of drug-likeness (QED) is 0.00882. The predicted molar refractivity (Wildman–Crippen MR) is 316 cm³/mol. The molecule has 5 amide bonds. The summed E-state index contributed by atoms with van der Waals surface area (Å²) < 4.78 is 56.9. The fraction of sp³-hybridized carbons (Fsp3) is 0.450. The van der Waals surface area contributed by atoms with Crippen molar-refractivity contribution in [2.45, 2.75) is 121 Å². The third-order valence-corrected chi connectivity index (χ3v) is 16.9. The van der Waals surface area contributed by atoms with Crippen LogP contribution in [0.3, 0.4) is 0 Å². The highest BCUT2D eigenvalue weighted by Gasteiger charge is 2.64. The first-order chi connectivity index (χ1) is 41.5. The molecule has 8 atom stereocenters. The first kappa shape index (κ1) is 67.5. The van der Waals surface area contributed by atoms with Gasteiger partial charge in [-0.1, -0.05) is 60.9 Å². The monoisotopic (exact) mass is 1260 g/mol. The molecule has 0 spiro atoms. The van der Waals surface area contributed by atoms with Crippen LogP contribution in [-0.2, 0) is 72.5 Å². The van der Waals surface area contributed by atoms with E-state index >= 15 is 0 Å². The summed E-state index contributed by atoms with van der Waals surface area (Å²) in [6.45, 7) is 4.69. The van der Waals surface area contributed by atoms with Gasteiger partial charge in [0, 0.05) is 68.6 Å². The van der Waals surface area contributed by atoms with Crippen molar-refractivity contribution in [1.82, 2.24) is 15.5 Å². The van der Waals surface area contributed by atoms with Gasteiger partial charge in [0.05, 0.1) is 46.9 Å². The molecule has 0 aliphatic carbocycles. The van der Waals surface area contributed by atoms with E-state index in [1.165, 1.54) is 30.1 Å². The molecule has 2 fully saturated rings. The van der Waals surface area contributed by atoms with E-state index in [0.717, 1.165) is 34.8 Å². The van der Waals surface area contributed by atoms with Crippen LogP contribution in [0.15, 0.2) is 95.5 Å². The molecule has 472 valence electrons. The Bertz CT molecular complexity index is 3460. The molecule has 4 bridgehead atoms. The van der Waals surface area contributed by atoms with Crippen LogP contribution in [0.1, 0.15) is 98.8 Å². The van der Waals surface area contributed by atoms with E-state index in [0.29, 0.717) is 41.7 Å². The van der Waals surface area contributed by atoms with E-state index in [-0.39, 0.29) is 53.4 Å². The van der Waals surface area contributed by atoms with Gasteiger partial charge in [0.25, 0.3) is 27.6 Å². The van der Waals surface area contributed by atoms with E-state index in [4.69, 9.17) is 30.5 Å². The lowest BCUT2D eigenvalue weighted by atomic mass is 9.81. The van der Waals surface area contributed by atoms with E-state index in [2.05, 4.69) is 15.6 Å². The number of rotatable bonds is 23. The molecular weight excluding hydrogens is 1190 g/mol. The lowest BCUT2D eigenvalue weighted by Crippen LogP contribution is -2.62. The van der Waals surface area contributed by atoms with Crippen LogP contribution in [-0.4, -0.2) is 166 Å². The summed E-state index contributed by atoms with van der Waals surface area (Å²) in [5, 5.41) is 49.6. The van der Waals surface area contributed by atoms with Crippen LogP contribution in [0.5, 0.6) is 5.75 Å². The summed E-state index contributed by atoms with van der Waals surface area (Å²) in [7, 11) is -3.32. The maximum absolute atomic E-state index is 14.3. The summed E-state index contributed by atoms with van der Waals surface area (Å²) in [5.74, 6) is -7.40. The Labute approximate surface area is 511 Å². The Morgan fingerprint density at radius 1 is 1.02 bits per heavy atom. The summed E-state index contributed by atoms with van der Waals surface area (Å²) in [5.41, 5.74) is -1.40. The number of Topliss-reactive ketones (excluding diaryl/α,β-unsaturated/α-hetero) is 2. The molecule has 4 aliphatic heterocycles. The molecule has 88 heavy (non-hydrogen) atoms. The number of ether oxygens (including phenoxy) is 4. The van der Waals surface area contributed by atoms with Gasteiger partial charge in [-0.2, -0.15) is 8.42 Å². The van der Waals surface area contributed by atoms with E-state index in [1.807, 2.05) is 6.92 Å². The molecule has 4 aliphatic rings. The zero-order chi connectivity index (χ0) is 64.4. The van der Waals surface area contributed by atoms with Crippen LogP contribution in [0, 0.1) is 22.0 Å². The van der Waals surface area contributed by atoms with Gasteiger partial charge < -0.3 is 44.5 Å². The first-order valence-corrected chi connectivity index (χ1v) is 30.1. The molecule has 0 aromatic heterocycles. The number of benzene rings is 3. The standard InChI is InChI=1S/C60H69ClN6O20S/c1-34-10-9-11-41(31-69)60(78)28-49(85-58(77)64-60)35(2)57-59(4,87-57)50(27-54(75)65(5)46-25-38(22-34)23-40(30-68)56(46)61)86-55(76)32-84-42-16-14-39(15-17-42)36(3)62-29-48(71)43-18-13-37(24-45(43)67(79)80)26-47(70)44(33-88(81,82)83)63-51(72)12-7-6-8-21-66-52(73)19-20-53(66)74/h9-11,13-20,23-25,35,41,44,49-50,57,68-69,78H,6-8,12,21-22,26-33H2,1-5H3,(H,63,72)(H,64,77)(H,81,82,83)/b11-9+,34-10+,62-36?/t35-,41+,44+,49+,50+,57+,59+,60+/m1/s1. The number of amides is 5. The lowest BCUT2D eigenvalue weighted by molar-refractivity contribution is -0.385. The van der Waals surface area contributed by atoms with Crippen molar-refractivity contribution in [2.75, 3.05) is 44.0 Å². The average molecular weight is 1260 g/mol. The number of hydrogen-bond donors (Lipinski definition) is 6. The number of nitro groups is 1. The number of aliphatic imine (C=N–C) groups is 1. The summed E-state index contributed by atoms with van der Waals surface area (Å²) in [4.78, 5) is 122. The highest BCUT2D eigenvalue weighted by Crippen LogP contribution is 2.49. The molecule has 28 heteroatoms. The zero-order valence-electron chi connectivity index (χ0n) is 48.8. The SMILES string of the molecule is CC(=NCC(=O)c1ccc(CC(=O)[C@H](CS(=O)(=O)O)NC(=O)CCCCCN2C(=O)C=CC2=O)cc1[N+](=O)[O-])c1ccc(OCC(=O)O[C@H]2CC(=O)N(C)c3cc(cc(CO)c3Cl)C/C(C)=C/C=C/[C@@H](CO)[C@@]3(O)C[C@H](OC(=O)N3)[C@@H](C)[C@@H]3O[C@@]23C)cc1. The van der Waals surface area contributed by atoms with Gasteiger partial charge in [-0.15, -0.1) is 0 Å². The minimum Gasteiger partial charge on any atom is -0.482 e. The predicted octanol–water partition coefficient (Wildman–Crippen LogP) is 4.39. The van der Waals surface area contributed by atoms with Crippen molar-refractivity contribution >= 4 is 86.1 Å². The second-order valence-electron chi connectivity index (χ2n) is 22.3. The topological polar surface area (TPSA) is 378 Å². The summed E-state index contributed by atoms with van der Waals surface area (Å²) >= 11 is 6.76. The Hall–Kier alpha value is -8.05. The van der Waals surface area contributed by atoms with Gasteiger partial charge >= 0.3 is 12.1 Å². The van der Waals surface area contributed by atoms with Crippen molar-refractivity contribution in [3.63, 3.8) is 0 Å². The molecule has 3 aromatic carbocycles. The van der Waals surface area contributed by atoms with Crippen molar-refractivity contribution in [2.24, 2.45) is 16.8 Å². The second kappa shape index (κ2) is 28.8. The number of halogens is 1. The molecule has 0 radical (unpaired) electrons. The maximum Gasteiger partial charge on any atom is 0.409 e. The second-order valence-corrected chi connectivity index (χ2v) is 24.1. The van der Waals surface area contributed by atoms with E-state index < -0.39 is 160 Å². The van der Waals surface area contributed by atoms with E-state index in [1.54, 1.807) is 63.3 Å². The minimum atomic E-state index is -4.81. The van der Waals surface area contributed by atoms with Crippen molar-refractivity contribution in [1.29, 1.82) is 0 Å². The van der Waals surface area contributed by atoms with Gasteiger partial charge in [0.15, 0.2) is 23.9 Å². The molecule has 3 aromatic rings. The van der Waals surface area contributed by atoms with Gasteiger partial charge in [-0.3, -0.25) is 58.6 Å². The smallest absolute Gasteiger partial charge is 0.409 e. The number of aliphatic hydroxyl groups excluding tert-OH is 2. The van der Waals surface area contributed by atoms with Gasteiger partial charge in [-0.05, 0) is 98.7 Å². The third-order valence-electron chi connectivity index (χ3n) is 15.7. The normalized spacial score (nSPS) is 24.5. The lowest BCUT2D eigenvalue weighted by Gasteiger charge is -2.42. The molecule has 26 nitrogen and oxygen atoms in total. The highest BCUT2D eigenvalue weighted by molar-refractivity contribution is 7.85.